The van der Waals surface area contributed by atoms with E-state index in [0.717, 1.165) is 4.90 Å². The van der Waals surface area contributed by atoms with Crippen LogP contribution in [0.3, 0.4) is 0 Å². The number of urea groups is 1. The van der Waals surface area contributed by atoms with E-state index in [4.69, 9.17) is 16.1 Å². The van der Waals surface area contributed by atoms with Gasteiger partial charge in [0.25, 0.3) is 0 Å². The van der Waals surface area contributed by atoms with Crippen LogP contribution < -0.4 is 5.32 Å². The Balaban J connectivity index is 2.39. The summed E-state index contributed by atoms with van der Waals surface area (Å²) in [4.78, 5) is 27.2. The van der Waals surface area contributed by atoms with E-state index in [0.29, 0.717) is 18.1 Å². The zero-order valence-corrected chi connectivity index (χ0v) is 10.4. The first-order valence-electron chi connectivity index (χ1n) is 5.50. The number of nitrogens with one attached hydrogen (secondary N) is 1. The molecule has 0 fully saturated rings. The highest BCUT2D eigenvalue weighted by Gasteiger charge is 2.15. The first-order chi connectivity index (χ1) is 9.02. The molecule has 1 aromatic rings. The van der Waals surface area contributed by atoms with Crippen LogP contribution in [0.25, 0.3) is 0 Å². The number of amides is 2. The smallest absolute Gasteiger partial charge is 0.323 e. The van der Waals surface area contributed by atoms with Crippen LogP contribution in [0, 0.1) is 19.3 Å². The van der Waals surface area contributed by atoms with Gasteiger partial charge in [0.05, 0.1) is 6.54 Å². The van der Waals surface area contributed by atoms with Crippen LogP contribution >= 0.6 is 0 Å². The van der Waals surface area contributed by atoms with E-state index < -0.39 is 18.5 Å². The Hall–Kier alpha value is -2.56. The van der Waals surface area contributed by atoms with Gasteiger partial charge in [0, 0.05) is 13.0 Å². The third-order valence-corrected chi connectivity index (χ3v) is 2.08. The van der Waals surface area contributed by atoms with E-state index in [1.807, 2.05) is 0 Å². The third kappa shape index (κ3) is 5.08. The molecule has 1 rings (SSSR count). The molecular formula is C11H14N4O4. The lowest BCUT2D eigenvalue weighted by Gasteiger charge is -2.18. The van der Waals surface area contributed by atoms with E-state index in [1.54, 1.807) is 6.92 Å². The highest BCUT2D eigenvalue weighted by molar-refractivity contribution is 5.80. The Morgan fingerprint density at radius 1 is 1.58 bits per heavy atom. The molecule has 0 unspecified atom stereocenters. The second-order valence-electron chi connectivity index (χ2n) is 3.67. The molecule has 8 nitrogen and oxygen atoms in total. The van der Waals surface area contributed by atoms with Crippen molar-refractivity contribution < 1.29 is 19.2 Å². The minimum atomic E-state index is -1.13. The van der Waals surface area contributed by atoms with Crippen molar-refractivity contribution in [2.45, 2.75) is 13.3 Å². The van der Waals surface area contributed by atoms with Crippen LogP contribution in [-0.2, 0) is 11.2 Å². The van der Waals surface area contributed by atoms with Gasteiger partial charge < -0.3 is 19.8 Å². The van der Waals surface area contributed by atoms with Gasteiger partial charge in [-0.05, 0) is 6.92 Å². The Morgan fingerprint density at radius 2 is 2.32 bits per heavy atom. The van der Waals surface area contributed by atoms with Gasteiger partial charge in [-0.2, -0.15) is 4.98 Å². The van der Waals surface area contributed by atoms with Gasteiger partial charge in [-0.15, -0.1) is 6.42 Å². The van der Waals surface area contributed by atoms with Gasteiger partial charge in [0.1, 0.15) is 6.54 Å². The molecule has 1 aromatic heterocycles. The van der Waals surface area contributed by atoms with Gasteiger partial charge in [0.2, 0.25) is 5.89 Å². The summed E-state index contributed by atoms with van der Waals surface area (Å²) in [6.07, 6.45) is 5.43. The summed E-state index contributed by atoms with van der Waals surface area (Å²) in [5.41, 5.74) is 0. The standard InChI is InChI=1S/C11H14N4O4/c1-3-6-15(7-10(16)17)11(18)12-5-4-9-13-8(2)14-19-9/h1H,4-7H2,2H3,(H,12,18)(H,16,17). The molecule has 2 N–H and O–H groups in total. The molecule has 0 saturated heterocycles. The predicted octanol–water partition coefficient (Wildman–Crippen LogP) is -0.350. The van der Waals surface area contributed by atoms with E-state index >= 15 is 0 Å². The maximum Gasteiger partial charge on any atom is 0.323 e. The SMILES string of the molecule is C#CCN(CC(=O)O)C(=O)NCCc1nc(C)no1. The molecule has 0 aromatic carbocycles. The number of terminal acetylenes is 1. The normalized spacial score (nSPS) is 9.68. The molecule has 8 heteroatoms. The maximum atomic E-state index is 11.7. The van der Waals surface area contributed by atoms with Crippen LogP contribution in [0.4, 0.5) is 4.79 Å². The molecule has 0 atom stereocenters. The van der Waals surface area contributed by atoms with E-state index in [-0.39, 0.29) is 13.1 Å². The van der Waals surface area contributed by atoms with Crippen molar-refractivity contribution in [1.29, 1.82) is 0 Å². The fourth-order valence-electron chi connectivity index (χ4n) is 1.30. The average molecular weight is 266 g/mol. The summed E-state index contributed by atoms with van der Waals surface area (Å²) in [5.74, 6) is 2.02. The van der Waals surface area contributed by atoms with Crippen molar-refractivity contribution in [2.75, 3.05) is 19.6 Å². The second kappa shape index (κ2) is 7.00. The Labute approximate surface area is 109 Å². The monoisotopic (exact) mass is 266 g/mol. The van der Waals surface area contributed by atoms with Crippen LogP contribution in [-0.4, -0.2) is 51.8 Å². The summed E-state index contributed by atoms with van der Waals surface area (Å²) in [5, 5.41) is 14.8. The van der Waals surface area contributed by atoms with Crippen molar-refractivity contribution in [3.63, 3.8) is 0 Å². The molecule has 0 radical (unpaired) electrons. The van der Waals surface area contributed by atoms with Crippen molar-refractivity contribution in [3.05, 3.63) is 11.7 Å². The summed E-state index contributed by atoms with van der Waals surface area (Å²) >= 11 is 0. The molecule has 0 spiro atoms. The molecule has 102 valence electrons. The molecule has 19 heavy (non-hydrogen) atoms. The van der Waals surface area contributed by atoms with Crippen molar-refractivity contribution in [3.8, 4) is 12.3 Å². The van der Waals surface area contributed by atoms with Crippen LogP contribution in [0.2, 0.25) is 0 Å². The minimum Gasteiger partial charge on any atom is -0.480 e. The third-order valence-electron chi connectivity index (χ3n) is 2.08. The van der Waals surface area contributed by atoms with Crippen molar-refractivity contribution in [1.82, 2.24) is 20.4 Å². The molecule has 0 aliphatic rings. The van der Waals surface area contributed by atoms with Crippen molar-refractivity contribution in [2.24, 2.45) is 0 Å². The van der Waals surface area contributed by atoms with Crippen LogP contribution in [0.1, 0.15) is 11.7 Å². The zero-order chi connectivity index (χ0) is 14.3. The van der Waals surface area contributed by atoms with Gasteiger partial charge in [-0.25, -0.2) is 4.79 Å². The highest BCUT2D eigenvalue weighted by Crippen LogP contribution is 1.96. The Kier molecular flexibility index (Phi) is 5.35. The number of aromatic nitrogens is 2. The highest BCUT2D eigenvalue weighted by atomic mass is 16.5. The lowest BCUT2D eigenvalue weighted by molar-refractivity contribution is -0.137. The Bertz CT molecular complexity index is 491. The van der Waals surface area contributed by atoms with Crippen LogP contribution in [0.15, 0.2) is 4.52 Å². The number of rotatable bonds is 6. The molecule has 0 saturated carbocycles. The lowest BCUT2D eigenvalue weighted by Crippen LogP contribution is -2.43. The first kappa shape index (κ1) is 14.5. The fraction of sp³-hybridized carbons (Fsp3) is 0.455. The maximum absolute atomic E-state index is 11.7. The number of carbonyl (C=O) groups excluding carboxylic acids is 1. The van der Waals surface area contributed by atoms with Crippen molar-refractivity contribution >= 4 is 12.0 Å². The number of hydrogen-bond donors (Lipinski definition) is 2. The Morgan fingerprint density at radius 3 is 2.84 bits per heavy atom. The number of hydrogen-bond acceptors (Lipinski definition) is 5. The molecule has 1 heterocycles. The predicted molar refractivity (Wildman–Crippen MR) is 64.2 cm³/mol. The topological polar surface area (TPSA) is 109 Å². The minimum absolute atomic E-state index is 0.0716. The second-order valence-corrected chi connectivity index (χ2v) is 3.67. The first-order valence-corrected chi connectivity index (χ1v) is 5.50. The quantitative estimate of drug-likeness (QED) is 0.681. The molecular weight excluding hydrogens is 252 g/mol. The summed E-state index contributed by atoms with van der Waals surface area (Å²) < 4.78 is 4.87. The fourth-order valence-corrected chi connectivity index (χ4v) is 1.30. The van der Waals surface area contributed by atoms with Gasteiger partial charge in [-0.1, -0.05) is 11.1 Å². The average Bonchev–Trinajstić information content (AvgIpc) is 2.74. The number of carbonyl (C=O) groups is 2. The zero-order valence-electron chi connectivity index (χ0n) is 10.4. The summed E-state index contributed by atoms with van der Waals surface area (Å²) in [6.45, 7) is 1.42. The lowest BCUT2D eigenvalue weighted by atomic mass is 10.4. The molecule has 0 bridgehead atoms. The van der Waals surface area contributed by atoms with E-state index in [1.165, 1.54) is 0 Å². The van der Waals surface area contributed by atoms with Crippen LogP contribution in [0.5, 0.6) is 0 Å². The van der Waals surface area contributed by atoms with Gasteiger partial charge >= 0.3 is 12.0 Å². The van der Waals surface area contributed by atoms with E-state index in [9.17, 15) is 9.59 Å². The number of aryl methyl sites for hydroxylation is 1. The number of carboxylic acids is 1. The largest absolute Gasteiger partial charge is 0.480 e. The summed E-state index contributed by atoms with van der Waals surface area (Å²) in [6, 6.07) is -0.545. The van der Waals surface area contributed by atoms with E-state index in [2.05, 4.69) is 21.4 Å². The molecule has 2 amide bonds. The number of nitrogens with zero attached hydrogens (tertiary/aromatic N) is 3. The summed E-state index contributed by atoms with van der Waals surface area (Å²) in [7, 11) is 0. The number of carboxylic acid groups (broad SMARTS) is 1. The van der Waals surface area contributed by atoms with Gasteiger partial charge in [-0.3, -0.25) is 4.79 Å². The van der Waals surface area contributed by atoms with Gasteiger partial charge in [0.15, 0.2) is 5.82 Å². The molecule has 0 aliphatic carbocycles. The number of aliphatic carboxylic acids is 1. The molecule has 0 aliphatic heterocycles.